The molecule has 24 heavy (non-hydrogen) atoms. The standard InChI is InChI=1S/C18H20ClNO4/c1-22-15-7-5-4-6-13(15)17(24-3)11-20-18(21)14-10-12(19)8-9-16(14)23-2/h4-10,17H,11H2,1-3H3,(H,20,21)/t17-/m0/s1. The molecule has 0 heterocycles. The molecule has 128 valence electrons. The maximum absolute atomic E-state index is 12.4. The molecule has 1 amide bonds. The molecule has 0 saturated heterocycles. The summed E-state index contributed by atoms with van der Waals surface area (Å²) >= 11 is 5.97. The minimum absolute atomic E-state index is 0.283. The summed E-state index contributed by atoms with van der Waals surface area (Å²) in [7, 11) is 4.69. The van der Waals surface area contributed by atoms with E-state index in [2.05, 4.69) is 5.32 Å². The molecule has 0 aromatic heterocycles. The van der Waals surface area contributed by atoms with Crippen molar-refractivity contribution in [2.24, 2.45) is 0 Å². The van der Waals surface area contributed by atoms with Crippen molar-refractivity contribution in [3.8, 4) is 11.5 Å². The third-order valence-electron chi connectivity index (χ3n) is 3.62. The van der Waals surface area contributed by atoms with Gasteiger partial charge in [-0.2, -0.15) is 0 Å². The number of hydrogen-bond donors (Lipinski definition) is 1. The first kappa shape index (κ1) is 18.1. The Hall–Kier alpha value is -2.24. The Kier molecular flexibility index (Phi) is 6.46. The van der Waals surface area contributed by atoms with Gasteiger partial charge in [-0.1, -0.05) is 29.8 Å². The number of benzene rings is 2. The van der Waals surface area contributed by atoms with E-state index in [9.17, 15) is 4.79 Å². The molecular weight excluding hydrogens is 330 g/mol. The summed E-state index contributed by atoms with van der Waals surface area (Å²) in [6.07, 6.45) is -0.338. The van der Waals surface area contributed by atoms with Gasteiger partial charge < -0.3 is 19.5 Å². The normalized spacial score (nSPS) is 11.7. The van der Waals surface area contributed by atoms with E-state index in [0.29, 0.717) is 22.1 Å². The molecule has 0 radical (unpaired) electrons. The van der Waals surface area contributed by atoms with Gasteiger partial charge in [0.05, 0.1) is 19.8 Å². The van der Waals surface area contributed by atoms with Gasteiger partial charge in [-0.15, -0.1) is 0 Å². The van der Waals surface area contributed by atoms with Crippen molar-refractivity contribution < 1.29 is 19.0 Å². The second-order valence-electron chi connectivity index (χ2n) is 5.02. The molecule has 2 rings (SSSR count). The summed E-state index contributed by atoms with van der Waals surface area (Å²) in [5.41, 5.74) is 1.24. The highest BCUT2D eigenvalue weighted by atomic mass is 35.5. The summed E-state index contributed by atoms with van der Waals surface area (Å²) < 4.78 is 16.0. The van der Waals surface area contributed by atoms with Gasteiger partial charge in [0.15, 0.2) is 0 Å². The van der Waals surface area contributed by atoms with Crippen LogP contribution in [0.25, 0.3) is 0 Å². The number of amides is 1. The van der Waals surface area contributed by atoms with Crippen LogP contribution in [-0.4, -0.2) is 33.8 Å². The van der Waals surface area contributed by atoms with Crippen molar-refractivity contribution in [3.05, 3.63) is 58.6 Å². The van der Waals surface area contributed by atoms with Gasteiger partial charge in [-0.05, 0) is 24.3 Å². The molecule has 2 aromatic rings. The average Bonchev–Trinajstić information content (AvgIpc) is 2.62. The van der Waals surface area contributed by atoms with Crippen LogP contribution in [0.15, 0.2) is 42.5 Å². The van der Waals surface area contributed by atoms with Crippen molar-refractivity contribution in [1.82, 2.24) is 5.32 Å². The third kappa shape index (κ3) is 4.19. The van der Waals surface area contributed by atoms with Crippen LogP contribution < -0.4 is 14.8 Å². The fourth-order valence-electron chi connectivity index (χ4n) is 2.39. The quantitative estimate of drug-likeness (QED) is 0.831. The minimum Gasteiger partial charge on any atom is -0.496 e. The van der Waals surface area contributed by atoms with Crippen LogP contribution in [0.1, 0.15) is 22.0 Å². The molecule has 0 spiro atoms. The van der Waals surface area contributed by atoms with Gasteiger partial charge in [0.25, 0.3) is 5.91 Å². The second-order valence-corrected chi connectivity index (χ2v) is 5.46. The summed E-state index contributed by atoms with van der Waals surface area (Å²) in [5.74, 6) is 0.883. The van der Waals surface area contributed by atoms with Crippen molar-refractivity contribution in [1.29, 1.82) is 0 Å². The predicted molar refractivity (Wildman–Crippen MR) is 93.1 cm³/mol. The predicted octanol–water partition coefficient (Wildman–Crippen LogP) is 3.47. The Balaban J connectivity index is 2.13. The van der Waals surface area contributed by atoms with Crippen LogP contribution >= 0.6 is 11.6 Å². The lowest BCUT2D eigenvalue weighted by atomic mass is 10.1. The zero-order valence-electron chi connectivity index (χ0n) is 13.8. The third-order valence-corrected chi connectivity index (χ3v) is 3.86. The monoisotopic (exact) mass is 349 g/mol. The molecule has 1 N–H and O–H groups in total. The fourth-order valence-corrected chi connectivity index (χ4v) is 2.56. The van der Waals surface area contributed by atoms with E-state index >= 15 is 0 Å². The number of nitrogens with one attached hydrogen (secondary N) is 1. The van der Waals surface area contributed by atoms with E-state index in [1.165, 1.54) is 7.11 Å². The van der Waals surface area contributed by atoms with Crippen molar-refractivity contribution in [2.75, 3.05) is 27.9 Å². The van der Waals surface area contributed by atoms with Crippen molar-refractivity contribution in [2.45, 2.75) is 6.10 Å². The highest BCUT2D eigenvalue weighted by Crippen LogP contribution is 2.27. The van der Waals surface area contributed by atoms with Crippen LogP contribution in [0.2, 0.25) is 5.02 Å². The smallest absolute Gasteiger partial charge is 0.255 e. The molecule has 0 aliphatic carbocycles. The lowest BCUT2D eigenvalue weighted by molar-refractivity contribution is 0.0817. The van der Waals surface area contributed by atoms with E-state index < -0.39 is 0 Å². The van der Waals surface area contributed by atoms with Gasteiger partial charge in [0, 0.05) is 24.2 Å². The van der Waals surface area contributed by atoms with Gasteiger partial charge >= 0.3 is 0 Å². The summed E-state index contributed by atoms with van der Waals surface area (Å²) in [5, 5.41) is 3.31. The average molecular weight is 350 g/mol. The molecule has 0 unspecified atom stereocenters. The molecule has 0 fully saturated rings. The molecule has 0 bridgehead atoms. The number of halogens is 1. The summed E-state index contributed by atoms with van der Waals surface area (Å²) in [6.45, 7) is 0.283. The molecule has 0 saturated carbocycles. The van der Waals surface area contributed by atoms with Crippen molar-refractivity contribution >= 4 is 17.5 Å². The molecule has 0 aliphatic heterocycles. The summed E-state index contributed by atoms with van der Waals surface area (Å²) in [6, 6.07) is 12.4. The second kappa shape index (κ2) is 8.57. The Morgan fingerprint density at radius 2 is 1.79 bits per heavy atom. The highest BCUT2D eigenvalue weighted by Gasteiger charge is 2.18. The van der Waals surface area contributed by atoms with E-state index in [1.807, 2.05) is 24.3 Å². The number of carbonyl (C=O) groups is 1. The van der Waals surface area contributed by atoms with Crippen LogP contribution in [-0.2, 0) is 4.74 Å². The van der Waals surface area contributed by atoms with E-state index in [1.54, 1.807) is 32.4 Å². The maximum Gasteiger partial charge on any atom is 0.255 e. The van der Waals surface area contributed by atoms with E-state index in [4.69, 9.17) is 25.8 Å². The molecule has 1 atom stereocenters. The van der Waals surface area contributed by atoms with E-state index in [-0.39, 0.29) is 18.6 Å². The number of ether oxygens (including phenoxy) is 3. The van der Waals surface area contributed by atoms with Crippen LogP contribution in [0.3, 0.4) is 0 Å². The Labute approximate surface area is 146 Å². The zero-order chi connectivity index (χ0) is 17.5. The molecular formula is C18H20ClNO4. The molecule has 6 heteroatoms. The van der Waals surface area contributed by atoms with Gasteiger partial charge in [-0.25, -0.2) is 0 Å². The maximum atomic E-state index is 12.4. The molecule has 0 aliphatic rings. The number of para-hydroxylation sites is 1. The van der Waals surface area contributed by atoms with Crippen LogP contribution in [0.4, 0.5) is 0 Å². The van der Waals surface area contributed by atoms with Gasteiger partial charge in [0.2, 0.25) is 0 Å². The Morgan fingerprint density at radius 1 is 1.08 bits per heavy atom. The largest absolute Gasteiger partial charge is 0.496 e. The first-order valence-electron chi connectivity index (χ1n) is 7.38. The van der Waals surface area contributed by atoms with Gasteiger partial charge in [0.1, 0.15) is 17.6 Å². The SMILES string of the molecule is COc1ccc(Cl)cc1C(=O)NC[C@H](OC)c1ccccc1OC. The number of hydrogen-bond acceptors (Lipinski definition) is 4. The lowest BCUT2D eigenvalue weighted by Crippen LogP contribution is -2.29. The van der Waals surface area contributed by atoms with Crippen molar-refractivity contribution in [3.63, 3.8) is 0 Å². The number of rotatable bonds is 7. The molecule has 5 nitrogen and oxygen atoms in total. The van der Waals surface area contributed by atoms with Crippen LogP contribution in [0.5, 0.6) is 11.5 Å². The first-order chi connectivity index (χ1) is 11.6. The summed E-state index contributed by atoms with van der Waals surface area (Å²) in [4.78, 5) is 12.4. The Morgan fingerprint density at radius 3 is 2.46 bits per heavy atom. The fraction of sp³-hybridized carbons (Fsp3) is 0.278. The minimum atomic E-state index is -0.338. The molecule has 2 aromatic carbocycles. The van der Waals surface area contributed by atoms with E-state index in [0.717, 1.165) is 5.56 Å². The zero-order valence-corrected chi connectivity index (χ0v) is 14.6. The highest BCUT2D eigenvalue weighted by molar-refractivity contribution is 6.31. The van der Waals surface area contributed by atoms with Crippen LogP contribution in [0, 0.1) is 0 Å². The lowest BCUT2D eigenvalue weighted by Gasteiger charge is -2.19. The van der Waals surface area contributed by atoms with Gasteiger partial charge in [-0.3, -0.25) is 4.79 Å². The Bertz CT molecular complexity index is 705. The number of carbonyl (C=O) groups excluding carboxylic acids is 1. The number of methoxy groups -OCH3 is 3. The topological polar surface area (TPSA) is 56.8 Å². The first-order valence-corrected chi connectivity index (χ1v) is 7.76.